The number of ketones is 1. The minimum atomic E-state index is -1.77. The summed E-state index contributed by atoms with van der Waals surface area (Å²) >= 11 is 0. The fraction of sp³-hybridized carbons (Fsp3) is 0.494. The molecule has 12 atom stereocenters. The molecule has 5 aliphatic rings. The van der Waals surface area contributed by atoms with Crippen molar-refractivity contribution in [3.63, 3.8) is 0 Å². The number of hydrogen-bond donors (Lipinski definition) is 8. The van der Waals surface area contributed by atoms with Crippen molar-refractivity contribution in [1.29, 1.82) is 0 Å². The van der Waals surface area contributed by atoms with Crippen LogP contribution >= 0.6 is 43.2 Å². The lowest BCUT2D eigenvalue weighted by Crippen LogP contribution is -2.62. The van der Waals surface area contributed by atoms with Crippen molar-refractivity contribution in [1.82, 2.24) is 10.3 Å². The maximum atomic E-state index is 17.9. The average molecular weight is 1320 g/mol. The Morgan fingerprint density at radius 2 is 1.59 bits per heavy atom. The molecule has 1 aromatic heterocycles. The molecule has 15 heteroatoms. The van der Waals surface area contributed by atoms with E-state index in [0.29, 0.717) is 59.7 Å². The van der Waals surface area contributed by atoms with Gasteiger partial charge in [-0.1, -0.05) is 150 Å². The van der Waals surface area contributed by atoms with E-state index in [1.165, 1.54) is 11.1 Å². The summed E-state index contributed by atoms with van der Waals surface area (Å²) in [4.78, 5) is 21.1. The molecule has 2 bridgehead atoms. The van der Waals surface area contributed by atoms with Crippen molar-refractivity contribution in [2.75, 3.05) is 38.0 Å². The van der Waals surface area contributed by atoms with E-state index >= 15 is 4.79 Å². The van der Waals surface area contributed by atoms with Gasteiger partial charge in [0.1, 0.15) is 11.9 Å². The van der Waals surface area contributed by atoms with Crippen LogP contribution < -0.4 is 14.8 Å². The monoisotopic (exact) mass is 1320 g/mol. The van der Waals surface area contributed by atoms with Crippen molar-refractivity contribution >= 4 is 59.7 Å². The number of aliphatic hydroxyl groups excluding tert-OH is 3. The highest BCUT2D eigenvalue weighted by Crippen LogP contribution is 2.58. The minimum Gasteiger partial charge on any atom is -0.508 e. The second kappa shape index (κ2) is 29.4. The molecule has 2 aliphatic heterocycles. The molecule has 0 spiro atoms. The maximum absolute atomic E-state index is 17.9. The number of aromatic amines is 1. The van der Waals surface area contributed by atoms with Gasteiger partial charge in [0.05, 0.1) is 36.6 Å². The standard InChI is InChI=1S/C77H94N2O9S4/c1-6-51-21-22-52-16-10-17-61-69(42-80)92-91-44-57-35-70(84)77(64-45-90-89-43-55-15-7-8-18-67(55)88-68-34-54(64)24-25-65(68)82,59-36-58(37-60(81)38-59)76(78-4)28-11-14-49(40-76)31-48-13-9-12-47(30-48)20-19-46(2)3)75(86)72(57)73(85)56(32-50-27-29-79-41-50)33-53-23-26-66(83)74(87-5)63(53)39-62(51)71(52)61/h9-10,12-13,16-17,21-27,29-30,34,36-38,41,46,49,55-57,64,67,69-70,72-73,78-85H,6-8,11,14-15,18-20,28,31-33,35,39-40,42-45H2,1-5H3. The molecule has 0 saturated heterocycles. The summed E-state index contributed by atoms with van der Waals surface area (Å²) in [5.41, 5.74) is 8.22. The van der Waals surface area contributed by atoms with Crippen LogP contribution in [0.4, 0.5) is 0 Å². The number of phenols is 3. The number of aromatic hydroxyl groups is 3. The Bertz CT molecular complexity index is 3690. The van der Waals surface area contributed by atoms with Crippen LogP contribution in [-0.2, 0) is 54.3 Å². The molecule has 12 unspecified atom stereocenters. The first kappa shape index (κ1) is 66.8. The zero-order chi connectivity index (χ0) is 64.3. The number of hydrogen-bond acceptors (Lipinski definition) is 14. The third kappa shape index (κ3) is 13.6. The molecule has 7 aromatic rings. The number of nitrogens with one attached hydrogen (secondary N) is 2. The normalized spacial score (nSPS) is 28.2. The Balaban J connectivity index is 1.04. The van der Waals surface area contributed by atoms with Crippen LogP contribution in [0.3, 0.4) is 0 Å². The van der Waals surface area contributed by atoms with Crippen LogP contribution in [0, 0.1) is 35.5 Å². The SMILES string of the molecule is CCc1ccc2cccc3c2c1Cc1c(ccc(O)c1OC)CC(Cc1cc[nH]c1)C(O)C1C(=O)C(c2cc(O)cc(C4(NC)CCCC(Cc5cccc(CCC(C)C)c5)C4)c2)(C2CSSCC4CCCCC4Oc4cc2ccc4O)C(O)CC1CSSC3CO. The fourth-order valence-electron chi connectivity index (χ4n) is 17.0. The summed E-state index contributed by atoms with van der Waals surface area (Å²) in [6.45, 7) is 6.54. The van der Waals surface area contributed by atoms with Gasteiger partial charge >= 0.3 is 0 Å². The minimum absolute atomic E-state index is 0.00229. The molecule has 3 heterocycles. The second-order valence-corrected chi connectivity index (χ2v) is 32.9. The van der Waals surface area contributed by atoms with Crippen LogP contribution in [0.25, 0.3) is 10.8 Å². The molecule has 0 radical (unpaired) electrons. The number of phenolic OH excluding ortho intramolecular Hbond substituents is 3. The molecule has 3 saturated carbocycles. The van der Waals surface area contributed by atoms with E-state index in [9.17, 15) is 30.6 Å². The van der Waals surface area contributed by atoms with Crippen LogP contribution in [0.2, 0.25) is 0 Å². The zero-order valence-electron chi connectivity index (χ0n) is 54.1. The van der Waals surface area contributed by atoms with E-state index in [-0.39, 0.29) is 53.3 Å². The van der Waals surface area contributed by atoms with Crippen molar-refractivity contribution < 1.29 is 44.9 Å². The van der Waals surface area contributed by atoms with Gasteiger partial charge < -0.3 is 50.4 Å². The van der Waals surface area contributed by atoms with Gasteiger partial charge in [-0.2, -0.15) is 0 Å². The number of benzene rings is 6. The van der Waals surface area contributed by atoms with Crippen LogP contribution in [0.1, 0.15) is 157 Å². The third-order valence-corrected chi connectivity index (χ3v) is 27.1. The molecule has 3 fully saturated rings. The molecule has 490 valence electrons. The first-order chi connectivity index (χ1) is 44.6. The summed E-state index contributed by atoms with van der Waals surface area (Å²) < 4.78 is 13.1. The number of Topliss-reactive ketones (excluding diaryl/α,β-unsaturated/α-hetero) is 1. The van der Waals surface area contributed by atoms with Gasteiger partial charge in [0.2, 0.25) is 0 Å². The molecular weight excluding hydrogens is 1230 g/mol. The Morgan fingerprint density at radius 1 is 0.793 bits per heavy atom. The zero-order valence-corrected chi connectivity index (χ0v) is 57.3. The van der Waals surface area contributed by atoms with Crippen molar-refractivity contribution in [3.05, 3.63) is 183 Å². The van der Waals surface area contributed by atoms with E-state index in [0.717, 1.165) is 138 Å². The molecular formula is C77H94N2O9S4. The van der Waals surface area contributed by atoms with Gasteiger partial charge in [0.15, 0.2) is 28.8 Å². The Hall–Kier alpha value is -5.23. The van der Waals surface area contributed by atoms with Crippen LogP contribution in [0.15, 0.2) is 122 Å². The number of rotatable bonds is 14. The summed E-state index contributed by atoms with van der Waals surface area (Å²) in [7, 11) is 10.2. The lowest BCUT2D eigenvalue weighted by atomic mass is 9.52. The number of methoxy groups -OCH3 is 1. The van der Waals surface area contributed by atoms with E-state index in [1.54, 1.807) is 68.5 Å². The van der Waals surface area contributed by atoms with Gasteiger partial charge in [0, 0.05) is 64.9 Å². The number of aromatic nitrogens is 1. The highest BCUT2D eigenvalue weighted by atomic mass is 33.1. The van der Waals surface area contributed by atoms with E-state index in [4.69, 9.17) is 9.47 Å². The van der Waals surface area contributed by atoms with E-state index < -0.39 is 46.8 Å². The number of aliphatic hydroxyl groups is 3. The number of aryl methyl sites for hydroxylation is 2. The molecule has 11 nitrogen and oxygen atoms in total. The lowest BCUT2D eigenvalue weighted by molar-refractivity contribution is -0.150. The molecule has 6 aromatic carbocycles. The summed E-state index contributed by atoms with van der Waals surface area (Å²) in [6.07, 6.45) is 13.8. The first-order valence-electron chi connectivity index (χ1n) is 33.8. The molecule has 12 rings (SSSR count). The predicted octanol–water partition coefficient (Wildman–Crippen LogP) is 15.7. The number of carbonyl (C=O) groups is 1. The van der Waals surface area contributed by atoms with E-state index in [1.807, 2.05) is 55.8 Å². The number of ether oxygens (including phenoxy) is 2. The lowest BCUT2D eigenvalue weighted by Gasteiger charge is -2.53. The Labute approximate surface area is 560 Å². The van der Waals surface area contributed by atoms with Gasteiger partial charge in [-0.25, -0.2) is 0 Å². The highest BCUT2D eigenvalue weighted by Gasteiger charge is 2.62. The number of H-pyrrole nitrogens is 1. The molecule has 3 aliphatic carbocycles. The Kier molecular flexibility index (Phi) is 21.3. The van der Waals surface area contributed by atoms with Crippen LogP contribution in [0.5, 0.6) is 28.7 Å². The summed E-state index contributed by atoms with van der Waals surface area (Å²) in [6, 6.07) is 36.5. The van der Waals surface area contributed by atoms with Gasteiger partial charge in [-0.05, 0) is 217 Å². The smallest absolute Gasteiger partial charge is 0.164 e. The second-order valence-electron chi connectivity index (χ2n) is 27.7. The molecule has 8 N–H and O–H groups in total. The predicted molar refractivity (Wildman–Crippen MR) is 379 cm³/mol. The topological polar surface area (TPSA) is 185 Å². The average Bonchev–Trinajstić information content (AvgIpc) is 0.970. The van der Waals surface area contributed by atoms with E-state index in [2.05, 4.69) is 85.7 Å². The summed E-state index contributed by atoms with van der Waals surface area (Å²) in [5, 5.41) is 81.4. The number of fused-ring (bicyclic) bond motifs is 5. The van der Waals surface area contributed by atoms with Crippen molar-refractivity contribution in [3.8, 4) is 28.7 Å². The molecule has 0 amide bonds. The largest absolute Gasteiger partial charge is 0.508 e. The number of carbonyl (C=O) groups excluding carboxylic acids is 1. The van der Waals surface area contributed by atoms with Crippen molar-refractivity contribution in [2.24, 2.45) is 35.5 Å². The molecule has 92 heavy (non-hydrogen) atoms. The highest BCUT2D eigenvalue weighted by molar-refractivity contribution is 8.77. The van der Waals surface area contributed by atoms with Gasteiger partial charge in [0.25, 0.3) is 0 Å². The van der Waals surface area contributed by atoms with Gasteiger partial charge in [-0.15, -0.1) is 0 Å². The maximum Gasteiger partial charge on any atom is 0.164 e. The van der Waals surface area contributed by atoms with Gasteiger partial charge in [-0.3, -0.25) is 4.79 Å². The van der Waals surface area contributed by atoms with Crippen molar-refractivity contribution in [2.45, 2.75) is 164 Å². The summed E-state index contributed by atoms with van der Waals surface area (Å²) in [5.74, 6) is 0.240. The fourth-order valence-corrected chi connectivity index (χ4v) is 22.7. The third-order valence-electron chi connectivity index (χ3n) is 21.8. The van der Waals surface area contributed by atoms with Crippen LogP contribution in [-0.4, -0.2) is 97.7 Å². The first-order valence-corrected chi connectivity index (χ1v) is 38.7. The Morgan fingerprint density at radius 3 is 2.38 bits per heavy atom. The quantitative estimate of drug-likeness (QED) is 0.0481.